The van der Waals surface area contributed by atoms with Crippen LogP contribution in [0.5, 0.6) is 0 Å². The number of nitrogens with one attached hydrogen (secondary N) is 1. The Hall–Kier alpha value is -3.52. The lowest BCUT2D eigenvalue weighted by atomic mass is 10.0. The van der Waals surface area contributed by atoms with Crippen LogP contribution in [0.25, 0.3) is 21.9 Å². The third-order valence-corrected chi connectivity index (χ3v) is 5.90. The number of hydrogen-bond acceptors (Lipinski definition) is 5. The van der Waals surface area contributed by atoms with Crippen LogP contribution in [-0.4, -0.2) is 57.1 Å². The molecule has 0 bridgehead atoms. The molecule has 0 spiro atoms. The maximum absolute atomic E-state index is 13.5. The Morgan fingerprint density at radius 3 is 2.52 bits per heavy atom. The van der Waals surface area contributed by atoms with Gasteiger partial charge in [-0.1, -0.05) is 12.1 Å². The summed E-state index contributed by atoms with van der Waals surface area (Å²) in [6.45, 7) is 4.38. The lowest BCUT2D eigenvalue weighted by molar-refractivity contribution is -0.143. The van der Waals surface area contributed by atoms with E-state index in [1.165, 1.54) is 12.1 Å². The van der Waals surface area contributed by atoms with Crippen molar-refractivity contribution >= 4 is 33.7 Å². The summed E-state index contributed by atoms with van der Waals surface area (Å²) >= 11 is 0. The fraction of sp³-hybridized carbons (Fsp3) is 0.261. The van der Waals surface area contributed by atoms with Crippen molar-refractivity contribution in [3.8, 4) is 0 Å². The van der Waals surface area contributed by atoms with Gasteiger partial charge < -0.3 is 15.0 Å². The smallest absolute Gasteiger partial charge is 0.325 e. The molecule has 31 heavy (non-hydrogen) atoms. The minimum atomic E-state index is -0.916. The van der Waals surface area contributed by atoms with Crippen LogP contribution < -0.4 is 4.90 Å². The average Bonchev–Trinajstić information content (AvgIpc) is 3.16. The molecular formula is C23H22FN5O2. The number of aromatic nitrogens is 3. The topological polar surface area (TPSA) is 85.3 Å². The van der Waals surface area contributed by atoms with Crippen molar-refractivity contribution in [3.63, 3.8) is 0 Å². The normalized spacial score (nSPS) is 16.1. The molecule has 0 unspecified atom stereocenters. The van der Waals surface area contributed by atoms with E-state index in [0.717, 1.165) is 27.9 Å². The maximum atomic E-state index is 13.5. The monoisotopic (exact) mass is 419 g/mol. The number of aromatic amines is 1. The van der Waals surface area contributed by atoms with E-state index in [0.29, 0.717) is 37.3 Å². The highest BCUT2D eigenvalue weighted by Crippen LogP contribution is 2.31. The number of hydrogen-bond donors (Lipinski definition) is 2. The van der Waals surface area contributed by atoms with Gasteiger partial charge in [0.15, 0.2) is 5.82 Å². The minimum Gasteiger partial charge on any atom is -0.480 e. The van der Waals surface area contributed by atoms with Crippen LogP contribution in [0.4, 0.5) is 10.2 Å². The van der Waals surface area contributed by atoms with E-state index >= 15 is 0 Å². The third kappa shape index (κ3) is 3.48. The van der Waals surface area contributed by atoms with Crippen LogP contribution in [-0.2, 0) is 4.79 Å². The van der Waals surface area contributed by atoms with E-state index < -0.39 is 12.0 Å². The maximum Gasteiger partial charge on any atom is 0.325 e. The van der Waals surface area contributed by atoms with Gasteiger partial charge in [-0.3, -0.25) is 9.69 Å². The van der Waals surface area contributed by atoms with E-state index in [4.69, 9.17) is 4.98 Å². The van der Waals surface area contributed by atoms with Crippen LogP contribution in [0, 0.1) is 12.7 Å². The number of rotatable bonds is 4. The summed E-state index contributed by atoms with van der Waals surface area (Å²) in [6, 6.07) is 11.4. The first-order valence-corrected chi connectivity index (χ1v) is 10.2. The Morgan fingerprint density at radius 2 is 1.81 bits per heavy atom. The van der Waals surface area contributed by atoms with E-state index in [9.17, 15) is 14.3 Å². The van der Waals surface area contributed by atoms with Crippen LogP contribution >= 0.6 is 0 Å². The Kier molecular flexibility index (Phi) is 4.78. The molecule has 2 aromatic carbocycles. The number of nitrogens with zero attached hydrogens (tertiary/aromatic N) is 4. The molecule has 158 valence electrons. The number of H-pyrrole nitrogens is 1. The zero-order valence-electron chi connectivity index (χ0n) is 17.0. The largest absolute Gasteiger partial charge is 0.480 e. The number of piperazine rings is 1. The molecule has 2 N–H and O–H groups in total. The van der Waals surface area contributed by atoms with Gasteiger partial charge in [0, 0.05) is 48.8 Å². The summed E-state index contributed by atoms with van der Waals surface area (Å²) in [7, 11) is 0. The summed E-state index contributed by atoms with van der Waals surface area (Å²) in [5, 5.41) is 10.7. The lowest BCUT2D eigenvalue weighted by Gasteiger charge is -2.38. The van der Waals surface area contributed by atoms with Crippen molar-refractivity contribution in [2.75, 3.05) is 31.1 Å². The van der Waals surface area contributed by atoms with Gasteiger partial charge in [-0.2, -0.15) is 0 Å². The highest BCUT2D eigenvalue weighted by molar-refractivity contribution is 5.89. The first-order chi connectivity index (χ1) is 15.0. The molecule has 1 atom stereocenters. The number of aliphatic carboxylic acids is 1. The molecule has 1 fully saturated rings. The van der Waals surface area contributed by atoms with Gasteiger partial charge in [-0.15, -0.1) is 0 Å². The summed E-state index contributed by atoms with van der Waals surface area (Å²) in [5.41, 5.74) is 3.82. The fourth-order valence-electron chi connectivity index (χ4n) is 4.40. The number of halogens is 1. The number of para-hydroxylation sites is 2. The molecule has 0 amide bonds. The quantitative estimate of drug-likeness (QED) is 0.527. The van der Waals surface area contributed by atoms with Crippen molar-refractivity contribution in [1.29, 1.82) is 0 Å². The van der Waals surface area contributed by atoms with Crippen LogP contribution in [0.2, 0.25) is 0 Å². The van der Waals surface area contributed by atoms with Gasteiger partial charge in [0.1, 0.15) is 11.9 Å². The number of carboxylic acid groups (broad SMARTS) is 1. The first kappa shape index (κ1) is 19.4. The van der Waals surface area contributed by atoms with E-state index in [-0.39, 0.29) is 5.82 Å². The molecule has 0 aliphatic carbocycles. The lowest BCUT2D eigenvalue weighted by Crippen LogP contribution is -2.49. The second kappa shape index (κ2) is 7.63. The highest BCUT2D eigenvalue weighted by atomic mass is 19.1. The van der Waals surface area contributed by atoms with Gasteiger partial charge >= 0.3 is 5.97 Å². The van der Waals surface area contributed by atoms with Gasteiger partial charge in [-0.05, 0) is 37.3 Å². The van der Waals surface area contributed by atoms with Gasteiger partial charge in [0.2, 0.25) is 0 Å². The number of carbonyl (C=O) groups is 1. The zero-order valence-corrected chi connectivity index (χ0v) is 17.0. The van der Waals surface area contributed by atoms with Crippen LogP contribution in [0.3, 0.4) is 0 Å². The third-order valence-electron chi connectivity index (χ3n) is 5.90. The van der Waals surface area contributed by atoms with Crippen molar-refractivity contribution in [2.45, 2.75) is 13.0 Å². The molecule has 7 nitrogen and oxygen atoms in total. The van der Waals surface area contributed by atoms with Gasteiger partial charge in [0.05, 0.1) is 16.7 Å². The molecule has 3 heterocycles. The second-order valence-corrected chi connectivity index (χ2v) is 7.82. The van der Waals surface area contributed by atoms with Crippen molar-refractivity contribution < 1.29 is 14.3 Å². The van der Waals surface area contributed by atoms with Crippen molar-refractivity contribution in [3.05, 3.63) is 65.7 Å². The fourth-order valence-corrected chi connectivity index (χ4v) is 4.40. The Labute approximate surface area is 178 Å². The highest BCUT2D eigenvalue weighted by Gasteiger charge is 2.32. The van der Waals surface area contributed by atoms with Gasteiger partial charge in [0.25, 0.3) is 0 Å². The molecule has 8 heteroatoms. The number of anilines is 1. The van der Waals surface area contributed by atoms with Crippen molar-refractivity contribution in [1.82, 2.24) is 19.9 Å². The van der Waals surface area contributed by atoms with E-state index in [2.05, 4.69) is 14.9 Å². The predicted molar refractivity (Wildman–Crippen MR) is 117 cm³/mol. The molecule has 1 aliphatic heterocycles. The summed E-state index contributed by atoms with van der Waals surface area (Å²) < 4.78 is 13.5. The van der Waals surface area contributed by atoms with Crippen LogP contribution in [0.15, 0.2) is 48.7 Å². The number of benzene rings is 2. The van der Waals surface area contributed by atoms with Gasteiger partial charge in [-0.25, -0.2) is 14.4 Å². The minimum absolute atomic E-state index is 0.353. The average molecular weight is 419 g/mol. The number of aryl methyl sites for hydroxylation is 1. The van der Waals surface area contributed by atoms with Crippen LogP contribution in [0.1, 0.15) is 17.3 Å². The molecule has 1 saturated heterocycles. The molecule has 1 aliphatic rings. The van der Waals surface area contributed by atoms with E-state index in [1.54, 1.807) is 12.3 Å². The Bertz CT molecular complexity index is 1280. The Balaban J connectivity index is 1.39. The summed E-state index contributed by atoms with van der Waals surface area (Å²) in [5.74, 6) is -0.429. The molecule has 0 radical (unpaired) electrons. The summed E-state index contributed by atoms with van der Waals surface area (Å²) in [4.78, 5) is 28.8. The van der Waals surface area contributed by atoms with Crippen molar-refractivity contribution in [2.24, 2.45) is 0 Å². The first-order valence-electron chi connectivity index (χ1n) is 10.2. The standard InChI is InChI=1S/C23H22FN5O2/c1-14-22(27-19-5-3-2-4-18(19)26-14)29-10-8-28(9-11-29)21(23(30)31)17-13-25-20-12-15(24)6-7-16(17)20/h2-7,12-13,21,25H,8-11H2,1H3,(H,30,31)/t21-/m0/s1. The predicted octanol–water partition coefficient (Wildman–Crippen LogP) is 3.51. The molecule has 5 rings (SSSR count). The molecular weight excluding hydrogens is 397 g/mol. The SMILES string of the molecule is Cc1nc2ccccc2nc1N1CCN([C@H](C(=O)O)c2c[nH]c3cc(F)ccc23)CC1. The number of fused-ring (bicyclic) bond motifs is 2. The molecule has 2 aromatic heterocycles. The number of carboxylic acids is 1. The Morgan fingerprint density at radius 1 is 1.10 bits per heavy atom. The zero-order chi connectivity index (χ0) is 21.5. The molecule has 0 saturated carbocycles. The summed E-state index contributed by atoms with van der Waals surface area (Å²) in [6.07, 6.45) is 1.67. The molecule has 4 aromatic rings. The second-order valence-electron chi connectivity index (χ2n) is 7.82. The van der Waals surface area contributed by atoms with E-state index in [1.807, 2.05) is 36.1 Å².